The monoisotopic (exact) mass is 427 g/mol. The van der Waals surface area contributed by atoms with E-state index in [2.05, 4.69) is 0 Å². The molecule has 2 heterocycles. The van der Waals surface area contributed by atoms with Crippen molar-refractivity contribution in [3.05, 3.63) is 90.0 Å². The van der Waals surface area contributed by atoms with Crippen LogP contribution in [0.25, 0.3) is 0 Å². The van der Waals surface area contributed by atoms with E-state index in [1.54, 1.807) is 5.06 Å². The zero-order valence-corrected chi connectivity index (χ0v) is 18.3. The molecule has 2 aliphatic rings. The largest absolute Gasteiger partial charge is 0.378 e. The predicted octanol–water partition coefficient (Wildman–Crippen LogP) is 4.11. The summed E-state index contributed by atoms with van der Waals surface area (Å²) in [4.78, 5) is 36.6. The fraction of sp³-hybridized carbons (Fsp3) is 0.231. The van der Waals surface area contributed by atoms with Gasteiger partial charge in [0.1, 0.15) is 5.92 Å². The molecule has 162 valence electrons. The van der Waals surface area contributed by atoms with Crippen LogP contribution in [0.4, 0.5) is 17.1 Å². The number of carbonyl (C=O) groups is 2. The second-order valence-electron chi connectivity index (χ2n) is 8.44. The van der Waals surface area contributed by atoms with Gasteiger partial charge in [0.15, 0.2) is 6.10 Å². The quantitative estimate of drug-likeness (QED) is 0.587. The zero-order chi connectivity index (χ0) is 22.4. The molecule has 0 spiro atoms. The first-order valence-electron chi connectivity index (χ1n) is 10.7. The molecule has 6 nitrogen and oxygen atoms in total. The van der Waals surface area contributed by atoms with Crippen LogP contribution in [0.1, 0.15) is 17.2 Å². The van der Waals surface area contributed by atoms with E-state index >= 15 is 0 Å². The van der Waals surface area contributed by atoms with Gasteiger partial charge < -0.3 is 4.90 Å². The van der Waals surface area contributed by atoms with Crippen LogP contribution in [0.15, 0.2) is 78.9 Å². The van der Waals surface area contributed by atoms with Crippen LogP contribution >= 0.6 is 0 Å². The van der Waals surface area contributed by atoms with E-state index in [1.165, 1.54) is 4.90 Å². The number of rotatable bonds is 4. The van der Waals surface area contributed by atoms with Gasteiger partial charge in [-0.2, -0.15) is 0 Å². The molecule has 0 saturated carbocycles. The summed E-state index contributed by atoms with van der Waals surface area (Å²) in [6.07, 6.45) is -0.860. The minimum Gasteiger partial charge on any atom is -0.378 e. The molecule has 32 heavy (non-hydrogen) atoms. The molecule has 0 N–H and O–H groups in total. The Labute approximate surface area is 187 Å². The maximum absolute atomic E-state index is 13.7. The van der Waals surface area contributed by atoms with Crippen LogP contribution < -0.4 is 14.9 Å². The van der Waals surface area contributed by atoms with Crippen molar-refractivity contribution in [1.29, 1.82) is 0 Å². The summed E-state index contributed by atoms with van der Waals surface area (Å²) in [6.45, 7) is 1.90. The highest BCUT2D eigenvalue weighted by Crippen LogP contribution is 2.48. The molecule has 0 radical (unpaired) electrons. The number of anilines is 3. The van der Waals surface area contributed by atoms with E-state index in [4.69, 9.17) is 4.84 Å². The Morgan fingerprint density at radius 3 is 2.12 bits per heavy atom. The van der Waals surface area contributed by atoms with Crippen LogP contribution in [0.3, 0.4) is 0 Å². The second kappa shape index (κ2) is 7.80. The lowest BCUT2D eigenvalue weighted by Gasteiger charge is -2.29. The first-order chi connectivity index (χ1) is 15.5. The summed E-state index contributed by atoms with van der Waals surface area (Å²) < 4.78 is 0. The van der Waals surface area contributed by atoms with E-state index in [1.807, 2.05) is 105 Å². The summed E-state index contributed by atoms with van der Waals surface area (Å²) in [5, 5.41) is 1.73. The fourth-order valence-corrected chi connectivity index (χ4v) is 4.57. The molecule has 0 unspecified atom stereocenters. The normalized spacial score (nSPS) is 22.4. The molecule has 3 aromatic rings. The molecule has 2 amide bonds. The predicted molar refractivity (Wildman–Crippen MR) is 124 cm³/mol. The van der Waals surface area contributed by atoms with Crippen LogP contribution in [0.5, 0.6) is 0 Å². The maximum Gasteiger partial charge on any atom is 0.266 e. The Hall–Kier alpha value is -3.64. The van der Waals surface area contributed by atoms with Crippen LogP contribution in [-0.4, -0.2) is 32.0 Å². The van der Waals surface area contributed by atoms with Crippen molar-refractivity contribution in [2.75, 3.05) is 29.0 Å². The van der Waals surface area contributed by atoms with Crippen LogP contribution in [-0.2, 0) is 14.4 Å². The van der Waals surface area contributed by atoms with Crippen molar-refractivity contribution in [3.8, 4) is 0 Å². The van der Waals surface area contributed by atoms with Gasteiger partial charge in [0.2, 0.25) is 5.91 Å². The Morgan fingerprint density at radius 2 is 1.47 bits per heavy atom. The van der Waals surface area contributed by atoms with Gasteiger partial charge in [-0.05, 0) is 48.4 Å². The summed E-state index contributed by atoms with van der Waals surface area (Å²) in [7, 11) is 3.97. The molecule has 0 bridgehead atoms. The summed E-state index contributed by atoms with van der Waals surface area (Å²) in [5.41, 5.74) is 4.30. The molecule has 3 aromatic carbocycles. The molecular weight excluding hydrogens is 402 g/mol. The van der Waals surface area contributed by atoms with Gasteiger partial charge in [0, 0.05) is 19.8 Å². The number of amides is 2. The van der Waals surface area contributed by atoms with Gasteiger partial charge in [-0.15, -0.1) is 0 Å². The summed E-state index contributed by atoms with van der Waals surface area (Å²) in [6, 6.07) is 24.7. The second-order valence-corrected chi connectivity index (χ2v) is 8.44. The van der Waals surface area contributed by atoms with E-state index in [0.29, 0.717) is 5.69 Å². The maximum atomic E-state index is 13.7. The Morgan fingerprint density at radius 1 is 0.812 bits per heavy atom. The van der Waals surface area contributed by atoms with E-state index in [-0.39, 0.29) is 11.8 Å². The lowest BCUT2D eigenvalue weighted by molar-refractivity contribution is -0.126. The van der Waals surface area contributed by atoms with Gasteiger partial charge in [0.25, 0.3) is 5.91 Å². The zero-order valence-electron chi connectivity index (χ0n) is 18.3. The third kappa shape index (κ3) is 3.15. The van der Waals surface area contributed by atoms with Crippen molar-refractivity contribution in [1.82, 2.24) is 0 Å². The SMILES string of the molecule is Cc1ccccc1N1C(=O)[C@H]2[C@H](ON(c3ccccc3)[C@H]2c2ccc(N(C)C)cc2)C1=O. The van der Waals surface area contributed by atoms with Crippen molar-refractivity contribution in [2.24, 2.45) is 5.92 Å². The first kappa shape index (κ1) is 20.3. The van der Waals surface area contributed by atoms with Crippen LogP contribution in [0.2, 0.25) is 0 Å². The lowest BCUT2D eigenvalue weighted by Crippen LogP contribution is -2.37. The number of para-hydroxylation sites is 2. The average molecular weight is 428 g/mol. The first-order valence-corrected chi connectivity index (χ1v) is 10.7. The van der Waals surface area contributed by atoms with Crippen molar-refractivity contribution < 1.29 is 14.4 Å². The summed E-state index contributed by atoms with van der Waals surface area (Å²) >= 11 is 0. The van der Waals surface area contributed by atoms with Gasteiger partial charge in [-0.25, -0.2) is 9.96 Å². The Kier molecular flexibility index (Phi) is 4.94. The molecule has 6 heteroatoms. The molecule has 2 saturated heterocycles. The van der Waals surface area contributed by atoms with Crippen molar-refractivity contribution in [2.45, 2.75) is 19.1 Å². The number of fused-ring (bicyclic) bond motifs is 1. The number of benzene rings is 3. The molecule has 5 rings (SSSR count). The average Bonchev–Trinajstić information content (AvgIpc) is 3.31. The fourth-order valence-electron chi connectivity index (χ4n) is 4.57. The van der Waals surface area contributed by atoms with Crippen molar-refractivity contribution in [3.63, 3.8) is 0 Å². The Balaban J connectivity index is 1.58. The highest BCUT2D eigenvalue weighted by molar-refractivity contribution is 6.24. The summed E-state index contributed by atoms with van der Waals surface area (Å²) in [5.74, 6) is -1.18. The molecule has 2 aliphatic heterocycles. The highest BCUT2D eigenvalue weighted by Gasteiger charge is 2.60. The number of nitrogens with zero attached hydrogens (tertiary/aromatic N) is 3. The lowest BCUT2D eigenvalue weighted by atomic mass is 9.90. The molecule has 0 aromatic heterocycles. The third-order valence-electron chi connectivity index (χ3n) is 6.23. The van der Waals surface area contributed by atoms with E-state index < -0.39 is 18.1 Å². The van der Waals surface area contributed by atoms with E-state index in [9.17, 15) is 9.59 Å². The van der Waals surface area contributed by atoms with Gasteiger partial charge in [-0.1, -0.05) is 48.5 Å². The number of hydrogen-bond donors (Lipinski definition) is 0. The minimum atomic E-state index is -0.860. The number of hydroxylamine groups is 1. The third-order valence-corrected chi connectivity index (χ3v) is 6.23. The molecular formula is C26H25N3O3. The van der Waals surface area contributed by atoms with Crippen LogP contribution in [0, 0.1) is 12.8 Å². The number of imide groups is 1. The smallest absolute Gasteiger partial charge is 0.266 e. The number of hydrogen-bond acceptors (Lipinski definition) is 5. The van der Waals surface area contributed by atoms with E-state index in [0.717, 1.165) is 22.5 Å². The standard InChI is InChI=1S/C26H25N3O3/c1-17-9-7-8-12-21(17)28-25(30)22-23(18-13-15-19(16-14-18)27(2)3)29(32-24(22)26(28)31)20-10-5-4-6-11-20/h4-16,22-24H,1-3H3/t22-,23+,24+/m1/s1. The number of aryl methyl sites for hydroxylation is 1. The minimum absolute atomic E-state index is 0.227. The number of carbonyl (C=O) groups excluding carboxylic acids is 2. The topological polar surface area (TPSA) is 53.1 Å². The van der Waals surface area contributed by atoms with Gasteiger partial charge in [-0.3, -0.25) is 14.4 Å². The van der Waals surface area contributed by atoms with Gasteiger partial charge in [0.05, 0.1) is 17.4 Å². The molecule has 2 fully saturated rings. The highest BCUT2D eigenvalue weighted by atomic mass is 16.7. The van der Waals surface area contributed by atoms with Gasteiger partial charge >= 0.3 is 0 Å². The molecule has 3 atom stereocenters. The van der Waals surface area contributed by atoms with Crippen molar-refractivity contribution >= 4 is 28.9 Å². The Bertz CT molecular complexity index is 1160. The molecule has 0 aliphatic carbocycles.